The van der Waals surface area contributed by atoms with E-state index in [4.69, 9.17) is 4.74 Å². The van der Waals surface area contributed by atoms with Crippen LogP contribution in [0.15, 0.2) is 0 Å². The van der Waals surface area contributed by atoms with Gasteiger partial charge in [0.1, 0.15) is 0 Å². The molecule has 0 saturated carbocycles. The van der Waals surface area contributed by atoms with Crippen LogP contribution < -0.4 is 10.6 Å². The minimum absolute atomic E-state index is 0. The normalized spacial score (nSPS) is 28.8. The summed E-state index contributed by atoms with van der Waals surface area (Å²) in [4.78, 5) is 11.6. The van der Waals surface area contributed by atoms with E-state index < -0.39 is 0 Å². The highest BCUT2D eigenvalue weighted by Gasteiger charge is 2.20. The molecule has 2 saturated heterocycles. The monoisotopic (exact) mass is 248 g/mol. The number of halogens is 1. The predicted octanol–water partition coefficient (Wildman–Crippen LogP) is 0.703. The second kappa shape index (κ2) is 7.09. The molecule has 4 nitrogen and oxygen atoms in total. The Labute approximate surface area is 103 Å². The topological polar surface area (TPSA) is 50.4 Å². The van der Waals surface area contributed by atoms with Gasteiger partial charge in [0.15, 0.2) is 0 Å². The van der Waals surface area contributed by atoms with Gasteiger partial charge in [-0.3, -0.25) is 4.79 Å². The van der Waals surface area contributed by atoms with E-state index in [2.05, 4.69) is 10.6 Å². The van der Waals surface area contributed by atoms with E-state index in [0.717, 1.165) is 39.0 Å². The highest BCUT2D eigenvalue weighted by molar-refractivity contribution is 5.85. The fourth-order valence-electron chi connectivity index (χ4n) is 2.26. The Bertz CT molecular complexity index is 214. The van der Waals surface area contributed by atoms with Gasteiger partial charge >= 0.3 is 0 Å². The number of nitrogens with one attached hydrogen (secondary N) is 2. The highest BCUT2D eigenvalue weighted by Crippen LogP contribution is 2.13. The maximum absolute atomic E-state index is 11.6. The summed E-state index contributed by atoms with van der Waals surface area (Å²) in [6.45, 7) is 3.60. The van der Waals surface area contributed by atoms with Gasteiger partial charge in [-0.15, -0.1) is 12.4 Å². The van der Waals surface area contributed by atoms with E-state index >= 15 is 0 Å². The van der Waals surface area contributed by atoms with Gasteiger partial charge in [0.25, 0.3) is 0 Å². The molecule has 0 radical (unpaired) electrons. The fraction of sp³-hybridized carbons (Fsp3) is 0.909. The molecule has 0 spiro atoms. The van der Waals surface area contributed by atoms with Crippen molar-refractivity contribution in [1.82, 2.24) is 10.6 Å². The molecular weight excluding hydrogens is 228 g/mol. The summed E-state index contributed by atoms with van der Waals surface area (Å²) < 4.78 is 5.45. The number of hydrogen-bond donors (Lipinski definition) is 2. The van der Waals surface area contributed by atoms with Crippen molar-refractivity contribution >= 4 is 18.3 Å². The van der Waals surface area contributed by atoms with E-state index in [0.29, 0.717) is 18.9 Å². The molecule has 94 valence electrons. The van der Waals surface area contributed by atoms with Crippen LogP contribution in [0.5, 0.6) is 0 Å². The molecule has 5 heteroatoms. The summed E-state index contributed by atoms with van der Waals surface area (Å²) in [5, 5.41) is 6.23. The molecule has 2 heterocycles. The lowest BCUT2D eigenvalue weighted by molar-refractivity contribution is -0.122. The molecule has 0 aromatic heterocycles. The molecule has 1 amide bonds. The Morgan fingerprint density at radius 2 is 2.31 bits per heavy atom. The Hall–Kier alpha value is -0.320. The third kappa shape index (κ3) is 4.28. The SMILES string of the molecule is Cl.O=C(CC1CCNC1)NCC1CCCO1. The number of rotatable bonds is 4. The minimum atomic E-state index is 0. The number of amides is 1. The van der Waals surface area contributed by atoms with Crippen LogP contribution in [0.4, 0.5) is 0 Å². The van der Waals surface area contributed by atoms with E-state index in [-0.39, 0.29) is 24.4 Å². The van der Waals surface area contributed by atoms with Crippen LogP contribution in [0.2, 0.25) is 0 Å². The fourth-order valence-corrected chi connectivity index (χ4v) is 2.26. The molecule has 0 aliphatic carbocycles. The van der Waals surface area contributed by atoms with Crippen LogP contribution in [0.1, 0.15) is 25.7 Å². The molecule has 2 unspecified atom stereocenters. The van der Waals surface area contributed by atoms with Gasteiger partial charge in [-0.25, -0.2) is 0 Å². The van der Waals surface area contributed by atoms with Crippen molar-refractivity contribution < 1.29 is 9.53 Å². The summed E-state index contributed by atoms with van der Waals surface area (Å²) in [6, 6.07) is 0. The average molecular weight is 249 g/mol. The van der Waals surface area contributed by atoms with Gasteiger partial charge < -0.3 is 15.4 Å². The summed E-state index contributed by atoms with van der Waals surface area (Å²) in [5.41, 5.74) is 0. The number of carbonyl (C=O) groups excluding carboxylic acids is 1. The molecular formula is C11H21ClN2O2. The highest BCUT2D eigenvalue weighted by atomic mass is 35.5. The third-order valence-corrected chi connectivity index (χ3v) is 3.19. The maximum atomic E-state index is 11.6. The zero-order valence-electron chi connectivity index (χ0n) is 9.54. The lowest BCUT2D eigenvalue weighted by Gasteiger charge is -2.12. The maximum Gasteiger partial charge on any atom is 0.220 e. The quantitative estimate of drug-likeness (QED) is 0.770. The first kappa shape index (κ1) is 13.7. The summed E-state index contributed by atoms with van der Waals surface area (Å²) in [7, 11) is 0. The van der Waals surface area contributed by atoms with Crippen LogP contribution in [0.25, 0.3) is 0 Å². The molecule has 2 rings (SSSR count). The van der Waals surface area contributed by atoms with Crippen molar-refractivity contribution in [1.29, 1.82) is 0 Å². The zero-order valence-corrected chi connectivity index (χ0v) is 10.4. The summed E-state index contributed by atoms with van der Waals surface area (Å²) >= 11 is 0. The van der Waals surface area contributed by atoms with Crippen LogP contribution >= 0.6 is 12.4 Å². The number of carbonyl (C=O) groups is 1. The van der Waals surface area contributed by atoms with Crippen LogP contribution in [-0.2, 0) is 9.53 Å². The molecule has 2 N–H and O–H groups in total. The second-order valence-electron chi connectivity index (χ2n) is 4.50. The molecule has 2 fully saturated rings. The predicted molar refractivity (Wildman–Crippen MR) is 64.8 cm³/mol. The van der Waals surface area contributed by atoms with Crippen LogP contribution in [0.3, 0.4) is 0 Å². The molecule has 2 aliphatic rings. The van der Waals surface area contributed by atoms with Crippen LogP contribution in [-0.4, -0.2) is 38.3 Å². The van der Waals surface area contributed by atoms with Gasteiger partial charge in [-0.2, -0.15) is 0 Å². The van der Waals surface area contributed by atoms with Gasteiger partial charge in [0, 0.05) is 19.6 Å². The summed E-state index contributed by atoms with van der Waals surface area (Å²) in [6.07, 6.45) is 4.28. The molecule has 0 bridgehead atoms. The van der Waals surface area contributed by atoms with E-state index in [1.54, 1.807) is 0 Å². The van der Waals surface area contributed by atoms with E-state index in [1.807, 2.05) is 0 Å². The first-order chi connectivity index (χ1) is 7.34. The Kier molecular flexibility index (Phi) is 6.09. The van der Waals surface area contributed by atoms with Gasteiger partial charge in [-0.1, -0.05) is 0 Å². The van der Waals surface area contributed by atoms with Crippen molar-refractivity contribution in [3.63, 3.8) is 0 Å². The second-order valence-corrected chi connectivity index (χ2v) is 4.50. The summed E-state index contributed by atoms with van der Waals surface area (Å²) in [5.74, 6) is 0.716. The van der Waals surface area contributed by atoms with Crippen molar-refractivity contribution in [3.05, 3.63) is 0 Å². The van der Waals surface area contributed by atoms with Crippen molar-refractivity contribution in [2.24, 2.45) is 5.92 Å². The smallest absolute Gasteiger partial charge is 0.220 e. The Morgan fingerprint density at radius 3 is 2.94 bits per heavy atom. The lowest BCUT2D eigenvalue weighted by Crippen LogP contribution is -2.33. The largest absolute Gasteiger partial charge is 0.376 e. The van der Waals surface area contributed by atoms with Gasteiger partial charge in [0.05, 0.1) is 6.10 Å². The van der Waals surface area contributed by atoms with Gasteiger partial charge in [-0.05, 0) is 38.3 Å². The number of ether oxygens (including phenoxy) is 1. The molecule has 2 atom stereocenters. The lowest BCUT2D eigenvalue weighted by atomic mass is 10.0. The standard InChI is InChI=1S/C11H20N2O2.ClH/c14-11(6-9-3-4-12-7-9)13-8-10-2-1-5-15-10;/h9-10,12H,1-8H2,(H,13,14);1H. The van der Waals surface area contributed by atoms with E-state index in [1.165, 1.54) is 0 Å². The minimum Gasteiger partial charge on any atom is -0.376 e. The zero-order chi connectivity index (χ0) is 10.5. The molecule has 2 aliphatic heterocycles. The molecule has 0 aromatic carbocycles. The molecule has 16 heavy (non-hydrogen) atoms. The Balaban J connectivity index is 0.00000128. The van der Waals surface area contributed by atoms with Crippen molar-refractivity contribution in [3.8, 4) is 0 Å². The first-order valence-electron chi connectivity index (χ1n) is 5.93. The average Bonchev–Trinajstić information content (AvgIpc) is 2.86. The Morgan fingerprint density at radius 1 is 1.44 bits per heavy atom. The number of hydrogen-bond acceptors (Lipinski definition) is 3. The van der Waals surface area contributed by atoms with Crippen molar-refractivity contribution in [2.75, 3.05) is 26.2 Å². The van der Waals surface area contributed by atoms with Crippen molar-refractivity contribution in [2.45, 2.75) is 31.8 Å². The van der Waals surface area contributed by atoms with Gasteiger partial charge in [0.2, 0.25) is 5.91 Å². The first-order valence-corrected chi connectivity index (χ1v) is 5.93. The van der Waals surface area contributed by atoms with Crippen LogP contribution in [0, 0.1) is 5.92 Å². The molecule has 0 aromatic rings. The van der Waals surface area contributed by atoms with E-state index in [9.17, 15) is 4.79 Å². The third-order valence-electron chi connectivity index (χ3n) is 3.19.